The quantitative estimate of drug-likeness (QED) is 0.706. The van der Waals surface area contributed by atoms with Gasteiger partial charge in [0.2, 0.25) is 0 Å². The number of ether oxygens (including phenoxy) is 3. The number of hydrogen-bond acceptors (Lipinski definition) is 4. The van der Waals surface area contributed by atoms with E-state index >= 15 is 0 Å². The molecule has 1 N–H and O–H groups in total. The lowest BCUT2D eigenvalue weighted by Gasteiger charge is -2.17. The molecule has 112 valence electrons. The van der Waals surface area contributed by atoms with Crippen molar-refractivity contribution in [2.75, 3.05) is 27.4 Å². The third-order valence-electron chi connectivity index (χ3n) is 3.50. The average molecular weight is 279 g/mol. The van der Waals surface area contributed by atoms with Crippen LogP contribution in [0.25, 0.3) is 0 Å². The fraction of sp³-hybridized carbons (Fsp3) is 0.625. The molecule has 1 aromatic carbocycles. The topological polar surface area (TPSA) is 39.7 Å². The molecule has 1 saturated carbocycles. The van der Waals surface area contributed by atoms with E-state index in [4.69, 9.17) is 14.2 Å². The van der Waals surface area contributed by atoms with Crippen molar-refractivity contribution in [3.8, 4) is 11.5 Å². The summed E-state index contributed by atoms with van der Waals surface area (Å²) in [6, 6.07) is 7.19. The molecule has 4 heteroatoms. The molecular formula is C16H25NO3. The van der Waals surface area contributed by atoms with Crippen molar-refractivity contribution in [2.45, 2.75) is 38.3 Å². The number of benzene rings is 1. The summed E-state index contributed by atoms with van der Waals surface area (Å²) in [4.78, 5) is 0. The lowest BCUT2D eigenvalue weighted by Crippen LogP contribution is -2.20. The largest absolute Gasteiger partial charge is 0.493 e. The van der Waals surface area contributed by atoms with E-state index in [2.05, 4.69) is 24.4 Å². The van der Waals surface area contributed by atoms with E-state index in [0.29, 0.717) is 25.3 Å². The second-order valence-corrected chi connectivity index (χ2v) is 5.27. The van der Waals surface area contributed by atoms with Crippen LogP contribution in [0.1, 0.15) is 37.8 Å². The second-order valence-electron chi connectivity index (χ2n) is 5.27. The van der Waals surface area contributed by atoms with Crippen molar-refractivity contribution in [3.05, 3.63) is 23.8 Å². The molecule has 0 aromatic heterocycles. The predicted octanol–water partition coefficient (Wildman–Crippen LogP) is 2.92. The van der Waals surface area contributed by atoms with Crippen LogP contribution in [0.4, 0.5) is 0 Å². The molecule has 0 spiro atoms. The molecule has 1 aliphatic rings. The van der Waals surface area contributed by atoms with Gasteiger partial charge >= 0.3 is 0 Å². The summed E-state index contributed by atoms with van der Waals surface area (Å²) in [7, 11) is 3.37. The van der Waals surface area contributed by atoms with Crippen molar-refractivity contribution in [2.24, 2.45) is 0 Å². The van der Waals surface area contributed by atoms with Crippen LogP contribution >= 0.6 is 0 Å². The van der Waals surface area contributed by atoms with Crippen LogP contribution in [-0.2, 0) is 4.74 Å². The van der Waals surface area contributed by atoms with Crippen LogP contribution < -0.4 is 14.8 Å². The highest BCUT2D eigenvalue weighted by atomic mass is 16.5. The molecule has 0 saturated heterocycles. The molecule has 20 heavy (non-hydrogen) atoms. The molecule has 1 unspecified atom stereocenters. The Balaban J connectivity index is 1.98. The van der Waals surface area contributed by atoms with Crippen LogP contribution in [0.3, 0.4) is 0 Å². The highest BCUT2D eigenvalue weighted by molar-refractivity contribution is 5.43. The first-order valence-electron chi connectivity index (χ1n) is 7.30. The Labute approximate surface area is 121 Å². The van der Waals surface area contributed by atoms with Crippen molar-refractivity contribution in [3.63, 3.8) is 0 Å². The SMILES string of the molecule is COCCCOc1cc(C(C)NC2CC2)ccc1OC. The van der Waals surface area contributed by atoms with Crippen LogP contribution in [0, 0.1) is 0 Å². The minimum Gasteiger partial charge on any atom is -0.493 e. The maximum Gasteiger partial charge on any atom is 0.161 e. The van der Waals surface area contributed by atoms with Gasteiger partial charge in [0.15, 0.2) is 11.5 Å². The Morgan fingerprint density at radius 2 is 2.00 bits per heavy atom. The van der Waals surface area contributed by atoms with E-state index in [-0.39, 0.29) is 0 Å². The first-order valence-corrected chi connectivity index (χ1v) is 7.30. The second kappa shape index (κ2) is 7.50. The highest BCUT2D eigenvalue weighted by Crippen LogP contribution is 2.31. The van der Waals surface area contributed by atoms with Crippen LogP contribution in [-0.4, -0.2) is 33.5 Å². The predicted molar refractivity (Wildman–Crippen MR) is 79.6 cm³/mol. The smallest absolute Gasteiger partial charge is 0.161 e. The van der Waals surface area contributed by atoms with Gasteiger partial charge < -0.3 is 19.5 Å². The van der Waals surface area contributed by atoms with E-state index in [1.165, 1.54) is 18.4 Å². The molecule has 1 fully saturated rings. The molecule has 0 aliphatic heterocycles. The molecule has 1 aliphatic carbocycles. The maximum atomic E-state index is 5.81. The Bertz CT molecular complexity index is 418. The zero-order valence-electron chi connectivity index (χ0n) is 12.6. The molecular weight excluding hydrogens is 254 g/mol. The van der Waals surface area contributed by atoms with Gasteiger partial charge in [0.05, 0.1) is 13.7 Å². The third kappa shape index (κ3) is 4.39. The molecule has 0 amide bonds. The van der Waals surface area contributed by atoms with Crippen molar-refractivity contribution < 1.29 is 14.2 Å². The van der Waals surface area contributed by atoms with Gasteiger partial charge in [-0.25, -0.2) is 0 Å². The van der Waals surface area contributed by atoms with Gasteiger partial charge in [-0.05, 0) is 37.5 Å². The van der Waals surface area contributed by atoms with Gasteiger partial charge in [-0.1, -0.05) is 6.07 Å². The average Bonchev–Trinajstić information content (AvgIpc) is 3.27. The maximum absolute atomic E-state index is 5.81. The number of nitrogens with one attached hydrogen (secondary N) is 1. The zero-order valence-corrected chi connectivity index (χ0v) is 12.6. The van der Waals surface area contributed by atoms with Crippen molar-refractivity contribution in [1.82, 2.24) is 5.32 Å². The van der Waals surface area contributed by atoms with Gasteiger partial charge in [0, 0.05) is 32.2 Å². The van der Waals surface area contributed by atoms with Crippen molar-refractivity contribution >= 4 is 0 Å². The van der Waals surface area contributed by atoms with Gasteiger partial charge in [0.1, 0.15) is 0 Å². The standard InChI is InChI=1S/C16H25NO3/c1-12(17-14-6-7-14)13-5-8-15(19-3)16(11-13)20-10-4-9-18-2/h5,8,11-12,14,17H,4,6-7,9-10H2,1-3H3. The monoisotopic (exact) mass is 279 g/mol. The molecule has 1 aromatic rings. The fourth-order valence-electron chi connectivity index (χ4n) is 2.16. The van der Waals surface area contributed by atoms with Gasteiger partial charge in [-0.3, -0.25) is 0 Å². The van der Waals surface area contributed by atoms with E-state index in [1.807, 2.05) is 6.07 Å². The highest BCUT2D eigenvalue weighted by Gasteiger charge is 2.23. The summed E-state index contributed by atoms with van der Waals surface area (Å²) in [5, 5.41) is 3.59. The van der Waals surface area contributed by atoms with Crippen molar-refractivity contribution in [1.29, 1.82) is 0 Å². The Hall–Kier alpha value is -1.26. The molecule has 0 bridgehead atoms. The van der Waals surface area contributed by atoms with Crippen LogP contribution in [0.2, 0.25) is 0 Å². The van der Waals surface area contributed by atoms with Gasteiger partial charge in [-0.2, -0.15) is 0 Å². The fourth-order valence-corrected chi connectivity index (χ4v) is 2.16. The lowest BCUT2D eigenvalue weighted by atomic mass is 10.1. The van der Waals surface area contributed by atoms with Crippen LogP contribution in [0.5, 0.6) is 11.5 Å². The summed E-state index contributed by atoms with van der Waals surface area (Å²) >= 11 is 0. The molecule has 2 rings (SSSR count). The number of methoxy groups -OCH3 is 2. The number of hydrogen-bond donors (Lipinski definition) is 1. The van der Waals surface area contributed by atoms with Crippen LogP contribution in [0.15, 0.2) is 18.2 Å². The Morgan fingerprint density at radius 1 is 1.20 bits per heavy atom. The Kier molecular flexibility index (Phi) is 5.68. The van der Waals surface area contributed by atoms with E-state index in [1.54, 1.807) is 14.2 Å². The minimum atomic E-state index is 0.342. The molecule has 0 heterocycles. The first kappa shape index (κ1) is 15.1. The van der Waals surface area contributed by atoms with Gasteiger partial charge in [-0.15, -0.1) is 0 Å². The first-order chi connectivity index (χ1) is 9.74. The summed E-state index contributed by atoms with van der Waals surface area (Å²) in [6.07, 6.45) is 3.46. The van der Waals surface area contributed by atoms with Gasteiger partial charge in [0.25, 0.3) is 0 Å². The minimum absolute atomic E-state index is 0.342. The zero-order chi connectivity index (χ0) is 14.4. The molecule has 4 nitrogen and oxygen atoms in total. The molecule has 0 radical (unpaired) electrons. The summed E-state index contributed by atoms with van der Waals surface area (Å²) in [5.41, 5.74) is 1.24. The Morgan fingerprint density at radius 3 is 2.65 bits per heavy atom. The molecule has 1 atom stereocenters. The third-order valence-corrected chi connectivity index (χ3v) is 3.50. The normalized spacial score (nSPS) is 15.9. The van der Waals surface area contributed by atoms with E-state index < -0.39 is 0 Å². The van der Waals surface area contributed by atoms with E-state index in [0.717, 1.165) is 17.9 Å². The summed E-state index contributed by atoms with van der Waals surface area (Å²) in [5.74, 6) is 1.59. The number of rotatable bonds is 9. The summed E-state index contributed by atoms with van der Waals surface area (Å²) < 4.78 is 16.2. The van der Waals surface area contributed by atoms with E-state index in [9.17, 15) is 0 Å². The lowest BCUT2D eigenvalue weighted by molar-refractivity contribution is 0.170. The summed E-state index contributed by atoms with van der Waals surface area (Å²) in [6.45, 7) is 3.54.